The number of hydrogen-bond acceptors (Lipinski definition) is 2. The molecule has 16 heavy (non-hydrogen) atoms. The van der Waals surface area contributed by atoms with Crippen molar-refractivity contribution in [1.82, 2.24) is 4.90 Å². The molecule has 0 radical (unpaired) electrons. The third-order valence-electron chi connectivity index (χ3n) is 4.02. The number of likely N-dealkylation sites (tertiary alicyclic amines) is 1. The average molecular weight is 227 g/mol. The van der Waals surface area contributed by atoms with Crippen molar-refractivity contribution in [3.05, 3.63) is 0 Å². The van der Waals surface area contributed by atoms with Gasteiger partial charge >= 0.3 is 0 Å². The predicted octanol–water partition coefficient (Wildman–Crippen LogP) is 2.91. The van der Waals surface area contributed by atoms with Crippen LogP contribution in [-0.2, 0) is 0 Å². The second-order valence-corrected chi connectivity index (χ2v) is 5.87. The second kappa shape index (κ2) is 6.61. The Morgan fingerprint density at radius 3 is 2.69 bits per heavy atom. The highest BCUT2D eigenvalue weighted by molar-refractivity contribution is 4.81. The first-order valence-electron chi connectivity index (χ1n) is 6.96. The van der Waals surface area contributed by atoms with Crippen LogP contribution in [0.15, 0.2) is 0 Å². The van der Waals surface area contributed by atoms with E-state index in [1.165, 1.54) is 38.8 Å². The molecule has 1 fully saturated rings. The fraction of sp³-hybridized carbons (Fsp3) is 1.00. The van der Waals surface area contributed by atoms with Gasteiger partial charge in [0.2, 0.25) is 0 Å². The molecule has 1 N–H and O–H groups in total. The molecule has 0 aromatic rings. The Morgan fingerprint density at radius 1 is 1.38 bits per heavy atom. The summed E-state index contributed by atoms with van der Waals surface area (Å²) in [6.07, 6.45) is 6.35. The summed E-state index contributed by atoms with van der Waals surface area (Å²) in [7, 11) is 0. The largest absolute Gasteiger partial charge is 0.396 e. The highest BCUT2D eigenvalue weighted by Gasteiger charge is 2.28. The van der Waals surface area contributed by atoms with Gasteiger partial charge in [0, 0.05) is 25.1 Å². The number of aliphatic hydroxyl groups excluding tert-OH is 1. The van der Waals surface area contributed by atoms with Crippen molar-refractivity contribution in [2.45, 2.75) is 52.9 Å². The van der Waals surface area contributed by atoms with Crippen LogP contribution in [-0.4, -0.2) is 36.2 Å². The third kappa shape index (κ3) is 4.06. The van der Waals surface area contributed by atoms with Crippen molar-refractivity contribution in [2.75, 3.05) is 26.2 Å². The third-order valence-corrected chi connectivity index (χ3v) is 4.02. The lowest BCUT2D eigenvalue weighted by Crippen LogP contribution is -2.43. The SMILES string of the molecule is CCCC(C)(CO)CN1CCCC(CC)C1. The molecule has 0 amide bonds. The van der Waals surface area contributed by atoms with E-state index in [1.807, 2.05) is 0 Å². The molecular weight excluding hydrogens is 198 g/mol. The van der Waals surface area contributed by atoms with Crippen molar-refractivity contribution in [3.63, 3.8) is 0 Å². The highest BCUT2D eigenvalue weighted by Crippen LogP contribution is 2.27. The van der Waals surface area contributed by atoms with Crippen molar-refractivity contribution in [1.29, 1.82) is 0 Å². The number of nitrogens with zero attached hydrogens (tertiary/aromatic N) is 1. The van der Waals surface area contributed by atoms with Gasteiger partial charge in [-0.25, -0.2) is 0 Å². The van der Waals surface area contributed by atoms with E-state index in [-0.39, 0.29) is 5.41 Å². The van der Waals surface area contributed by atoms with Crippen LogP contribution in [0.25, 0.3) is 0 Å². The van der Waals surface area contributed by atoms with Crippen LogP contribution in [0.2, 0.25) is 0 Å². The van der Waals surface area contributed by atoms with Crippen LogP contribution in [0.5, 0.6) is 0 Å². The van der Waals surface area contributed by atoms with Gasteiger partial charge in [0.15, 0.2) is 0 Å². The Morgan fingerprint density at radius 2 is 2.12 bits per heavy atom. The van der Waals surface area contributed by atoms with Crippen LogP contribution in [0.4, 0.5) is 0 Å². The van der Waals surface area contributed by atoms with Crippen molar-refractivity contribution >= 4 is 0 Å². The molecule has 0 aromatic heterocycles. The van der Waals surface area contributed by atoms with E-state index in [2.05, 4.69) is 25.7 Å². The molecule has 0 bridgehead atoms. The van der Waals surface area contributed by atoms with Crippen LogP contribution in [0.3, 0.4) is 0 Å². The summed E-state index contributed by atoms with van der Waals surface area (Å²) in [5.74, 6) is 0.887. The highest BCUT2D eigenvalue weighted by atomic mass is 16.3. The minimum atomic E-state index is 0.115. The molecule has 2 unspecified atom stereocenters. The Balaban J connectivity index is 2.44. The smallest absolute Gasteiger partial charge is 0.0497 e. The van der Waals surface area contributed by atoms with Crippen LogP contribution in [0.1, 0.15) is 52.9 Å². The van der Waals surface area contributed by atoms with Crippen LogP contribution < -0.4 is 0 Å². The van der Waals surface area contributed by atoms with Crippen molar-refractivity contribution in [3.8, 4) is 0 Å². The quantitative estimate of drug-likeness (QED) is 0.754. The molecule has 2 atom stereocenters. The Bertz CT molecular complexity index is 195. The summed E-state index contributed by atoms with van der Waals surface area (Å²) in [4.78, 5) is 2.57. The van der Waals surface area contributed by atoms with Gasteiger partial charge in [0.1, 0.15) is 0 Å². The number of rotatable bonds is 6. The molecule has 1 saturated heterocycles. The Hall–Kier alpha value is -0.0800. The zero-order valence-corrected chi connectivity index (χ0v) is 11.3. The first kappa shape index (κ1) is 14.0. The van der Waals surface area contributed by atoms with Gasteiger partial charge < -0.3 is 10.0 Å². The first-order valence-corrected chi connectivity index (χ1v) is 6.96. The minimum Gasteiger partial charge on any atom is -0.396 e. The molecule has 0 aliphatic carbocycles. The lowest BCUT2D eigenvalue weighted by atomic mass is 9.84. The van der Waals surface area contributed by atoms with E-state index in [0.717, 1.165) is 18.9 Å². The zero-order valence-electron chi connectivity index (χ0n) is 11.3. The molecule has 0 saturated carbocycles. The molecular formula is C14H29NO. The summed E-state index contributed by atoms with van der Waals surface area (Å²) in [5, 5.41) is 9.54. The van der Waals surface area contributed by atoms with Crippen LogP contribution in [0, 0.1) is 11.3 Å². The fourth-order valence-corrected chi connectivity index (χ4v) is 2.98. The Labute approximate surface area is 101 Å². The van der Waals surface area contributed by atoms with Crippen molar-refractivity contribution < 1.29 is 5.11 Å². The van der Waals surface area contributed by atoms with Gasteiger partial charge in [-0.2, -0.15) is 0 Å². The Kier molecular flexibility index (Phi) is 5.77. The molecule has 2 nitrogen and oxygen atoms in total. The maximum Gasteiger partial charge on any atom is 0.0497 e. The molecule has 96 valence electrons. The van der Waals surface area contributed by atoms with Gasteiger partial charge in [-0.05, 0) is 31.7 Å². The van der Waals surface area contributed by atoms with Gasteiger partial charge in [-0.3, -0.25) is 0 Å². The van der Waals surface area contributed by atoms with Gasteiger partial charge in [-0.15, -0.1) is 0 Å². The summed E-state index contributed by atoms with van der Waals surface area (Å²) in [5.41, 5.74) is 0.115. The average Bonchev–Trinajstić information content (AvgIpc) is 2.29. The van der Waals surface area contributed by atoms with E-state index >= 15 is 0 Å². The molecule has 2 heteroatoms. The van der Waals surface area contributed by atoms with Gasteiger partial charge in [-0.1, -0.05) is 33.6 Å². The van der Waals surface area contributed by atoms with Crippen LogP contribution >= 0.6 is 0 Å². The lowest BCUT2D eigenvalue weighted by molar-refractivity contribution is 0.0579. The fourth-order valence-electron chi connectivity index (χ4n) is 2.98. The maximum absolute atomic E-state index is 9.54. The predicted molar refractivity (Wildman–Crippen MR) is 69.6 cm³/mol. The molecule has 1 rings (SSSR count). The van der Waals surface area contributed by atoms with E-state index in [4.69, 9.17) is 0 Å². The molecule has 1 aliphatic heterocycles. The molecule has 0 aromatic carbocycles. The minimum absolute atomic E-state index is 0.115. The number of aliphatic hydroxyl groups is 1. The number of hydrogen-bond donors (Lipinski definition) is 1. The number of piperidine rings is 1. The zero-order chi connectivity index (χ0) is 12.0. The summed E-state index contributed by atoms with van der Waals surface area (Å²) >= 11 is 0. The van der Waals surface area contributed by atoms with Gasteiger partial charge in [0.25, 0.3) is 0 Å². The van der Waals surface area contributed by atoms with E-state index < -0.39 is 0 Å². The summed E-state index contributed by atoms with van der Waals surface area (Å²) < 4.78 is 0. The first-order chi connectivity index (χ1) is 7.63. The normalized spacial score (nSPS) is 26.6. The molecule has 0 spiro atoms. The molecule has 1 heterocycles. The van der Waals surface area contributed by atoms with Crippen molar-refractivity contribution in [2.24, 2.45) is 11.3 Å². The standard InChI is InChI=1S/C14H29NO/c1-4-8-14(3,12-16)11-15-9-6-7-13(5-2)10-15/h13,16H,4-12H2,1-3H3. The lowest BCUT2D eigenvalue weighted by Gasteiger charge is -2.38. The maximum atomic E-state index is 9.54. The van der Waals surface area contributed by atoms with E-state index in [1.54, 1.807) is 0 Å². The topological polar surface area (TPSA) is 23.5 Å². The summed E-state index contributed by atoms with van der Waals surface area (Å²) in [6.45, 7) is 10.6. The monoisotopic (exact) mass is 227 g/mol. The van der Waals surface area contributed by atoms with E-state index in [0.29, 0.717) is 6.61 Å². The summed E-state index contributed by atoms with van der Waals surface area (Å²) in [6, 6.07) is 0. The van der Waals surface area contributed by atoms with E-state index in [9.17, 15) is 5.11 Å². The second-order valence-electron chi connectivity index (χ2n) is 5.87. The molecule has 1 aliphatic rings. The van der Waals surface area contributed by atoms with Gasteiger partial charge in [0.05, 0.1) is 0 Å².